The Balaban J connectivity index is 2.41. The molecule has 2 rings (SSSR count). The molecule has 2 aromatic rings. The van der Waals surface area contributed by atoms with Crippen molar-refractivity contribution < 1.29 is 21.6 Å². The van der Waals surface area contributed by atoms with Gasteiger partial charge in [-0.2, -0.15) is 5.26 Å². The van der Waals surface area contributed by atoms with Gasteiger partial charge in [-0.15, -0.1) is 0 Å². The van der Waals surface area contributed by atoms with Crippen molar-refractivity contribution >= 4 is 43.4 Å². The summed E-state index contributed by atoms with van der Waals surface area (Å²) in [4.78, 5) is -0.456. The van der Waals surface area contributed by atoms with E-state index in [-0.39, 0.29) is 11.3 Å². The minimum absolute atomic E-state index is 0.0588. The van der Waals surface area contributed by atoms with Crippen LogP contribution in [0, 0.1) is 11.3 Å². The fraction of sp³-hybridized carbons (Fsp3) is 0.0625. The number of methoxy groups -OCH3 is 1. The molecule has 0 aliphatic carbocycles. The summed E-state index contributed by atoms with van der Waals surface area (Å²) in [6.45, 7) is 0. The highest BCUT2D eigenvalue weighted by Gasteiger charge is 2.18. The normalized spacial score (nSPS) is 11.9. The lowest BCUT2D eigenvalue weighted by Crippen LogP contribution is -2.17. The number of rotatable bonds is 6. The topological polar surface area (TPSA) is 139 Å². The molecule has 0 aromatic heterocycles. The Hall–Kier alpha value is -2.58. The highest BCUT2D eigenvalue weighted by atomic mass is 35.5. The minimum atomic E-state index is -4.21. The van der Waals surface area contributed by atoms with Crippen LogP contribution < -0.4 is 14.6 Å². The van der Waals surface area contributed by atoms with Gasteiger partial charge < -0.3 is 4.74 Å². The minimum Gasteiger partial charge on any atom is -0.496 e. The van der Waals surface area contributed by atoms with Crippen LogP contribution in [0.2, 0.25) is 5.02 Å². The molecule has 0 radical (unpaired) electrons. The average molecular weight is 428 g/mol. The quantitative estimate of drug-likeness (QED) is 0.724. The molecule has 0 aliphatic heterocycles. The lowest BCUT2D eigenvalue weighted by Gasteiger charge is -2.10. The number of anilines is 1. The summed E-state index contributed by atoms with van der Waals surface area (Å²) in [6, 6.07) is 9.76. The molecule has 0 bridgehead atoms. The Morgan fingerprint density at radius 2 is 1.89 bits per heavy atom. The van der Waals surface area contributed by atoms with Gasteiger partial charge in [0.1, 0.15) is 10.6 Å². The first-order chi connectivity index (χ1) is 12.6. The third kappa shape index (κ3) is 5.45. The first-order valence-electron chi connectivity index (χ1n) is 7.17. The van der Waals surface area contributed by atoms with Crippen LogP contribution >= 0.6 is 11.6 Å². The number of nitriles is 1. The third-order valence-electron chi connectivity index (χ3n) is 3.29. The molecule has 0 saturated carbocycles. The fourth-order valence-electron chi connectivity index (χ4n) is 2.10. The molecule has 0 saturated heterocycles. The van der Waals surface area contributed by atoms with Crippen molar-refractivity contribution in [3.05, 3.63) is 58.0 Å². The lowest BCUT2D eigenvalue weighted by molar-refractivity contribution is 0.414. The van der Waals surface area contributed by atoms with Crippen LogP contribution in [0.3, 0.4) is 0 Å². The van der Waals surface area contributed by atoms with Crippen molar-refractivity contribution in [3.8, 4) is 11.8 Å². The van der Waals surface area contributed by atoms with Crippen LogP contribution in [0.5, 0.6) is 5.75 Å². The Morgan fingerprint density at radius 1 is 1.19 bits per heavy atom. The lowest BCUT2D eigenvalue weighted by atomic mass is 10.2. The first kappa shape index (κ1) is 20.7. The molecular formula is C16H14ClN3O5S2. The van der Waals surface area contributed by atoms with Crippen LogP contribution in [0.15, 0.2) is 46.7 Å². The Kier molecular flexibility index (Phi) is 6.12. The summed E-state index contributed by atoms with van der Waals surface area (Å²) in [5, 5.41) is 15.3. The standard InChI is InChI=1S/C16H14ClN3O5S2/c1-25-15-9-13(17)4-3-12(15)6-7-26(21,22)20-14-8-11(10-18)2-5-16(14)27(19,23)24/h2-9,20H,1H3,(H2,19,23,24)/b7-6+. The summed E-state index contributed by atoms with van der Waals surface area (Å²) < 4.78 is 55.2. The molecule has 2 aromatic carbocycles. The van der Waals surface area contributed by atoms with Gasteiger partial charge in [0.05, 0.1) is 29.8 Å². The second kappa shape index (κ2) is 7.98. The molecule has 27 heavy (non-hydrogen) atoms. The van der Waals surface area contributed by atoms with Gasteiger partial charge >= 0.3 is 0 Å². The summed E-state index contributed by atoms with van der Waals surface area (Å²) >= 11 is 5.85. The van der Waals surface area contributed by atoms with Crippen molar-refractivity contribution in [2.45, 2.75) is 4.90 Å². The van der Waals surface area contributed by atoms with Crippen LogP contribution in [0.4, 0.5) is 5.69 Å². The highest BCUT2D eigenvalue weighted by molar-refractivity contribution is 7.95. The summed E-state index contributed by atoms with van der Waals surface area (Å²) in [5.41, 5.74) is 0.164. The SMILES string of the molecule is COc1cc(Cl)ccc1/C=C/S(=O)(=O)Nc1cc(C#N)ccc1S(N)(=O)=O. The van der Waals surface area contributed by atoms with Crippen LogP contribution in [-0.2, 0) is 20.0 Å². The predicted molar refractivity (Wildman–Crippen MR) is 102 cm³/mol. The number of nitrogens with zero attached hydrogens (tertiary/aromatic N) is 1. The van der Waals surface area contributed by atoms with Crippen LogP contribution in [0.25, 0.3) is 6.08 Å². The molecule has 142 valence electrons. The second-order valence-electron chi connectivity index (χ2n) is 5.20. The molecule has 0 amide bonds. The zero-order valence-corrected chi connectivity index (χ0v) is 16.3. The average Bonchev–Trinajstić information content (AvgIpc) is 2.59. The summed E-state index contributed by atoms with van der Waals surface area (Å²) in [5.74, 6) is 0.352. The number of halogens is 1. The molecule has 11 heteroatoms. The fourth-order valence-corrected chi connectivity index (χ4v) is 3.87. The van der Waals surface area contributed by atoms with E-state index in [9.17, 15) is 16.8 Å². The smallest absolute Gasteiger partial charge is 0.255 e. The Morgan fingerprint density at radius 3 is 2.48 bits per heavy atom. The summed E-state index contributed by atoms with van der Waals surface area (Å²) in [7, 11) is -6.93. The van der Waals surface area contributed by atoms with Crippen molar-refractivity contribution in [1.82, 2.24) is 0 Å². The molecule has 0 heterocycles. The third-order valence-corrected chi connectivity index (χ3v) is 5.49. The number of sulfonamides is 2. The summed E-state index contributed by atoms with van der Waals surface area (Å²) in [6.07, 6.45) is 1.25. The maximum Gasteiger partial charge on any atom is 0.255 e. The van der Waals surface area contributed by atoms with Gasteiger partial charge in [-0.1, -0.05) is 11.6 Å². The van der Waals surface area contributed by atoms with E-state index in [1.807, 2.05) is 0 Å². The predicted octanol–water partition coefficient (Wildman–Crippen LogP) is 2.28. The van der Waals surface area contributed by atoms with E-state index in [0.29, 0.717) is 16.3 Å². The van der Waals surface area contributed by atoms with Gasteiger partial charge in [-0.05, 0) is 42.5 Å². The van der Waals surface area contributed by atoms with E-state index in [0.717, 1.165) is 17.5 Å². The van der Waals surface area contributed by atoms with Crippen LogP contribution in [-0.4, -0.2) is 23.9 Å². The number of nitrogens with one attached hydrogen (secondary N) is 1. The van der Waals surface area contributed by atoms with E-state index in [2.05, 4.69) is 4.72 Å². The number of hydrogen-bond acceptors (Lipinski definition) is 6. The van der Waals surface area contributed by atoms with Gasteiger partial charge in [0.15, 0.2) is 0 Å². The van der Waals surface area contributed by atoms with E-state index in [1.54, 1.807) is 18.2 Å². The number of primary sulfonamides is 1. The molecule has 0 unspecified atom stereocenters. The largest absolute Gasteiger partial charge is 0.496 e. The molecule has 0 fully saturated rings. The zero-order valence-electron chi connectivity index (χ0n) is 13.9. The van der Waals surface area contributed by atoms with Gasteiger partial charge in [-0.25, -0.2) is 22.0 Å². The monoisotopic (exact) mass is 427 g/mol. The zero-order chi connectivity index (χ0) is 20.2. The van der Waals surface area contributed by atoms with E-state index in [1.165, 1.54) is 25.3 Å². The molecule has 3 N–H and O–H groups in total. The van der Waals surface area contributed by atoms with Gasteiger partial charge in [-0.3, -0.25) is 4.72 Å². The second-order valence-corrected chi connectivity index (χ2v) is 8.74. The number of hydrogen-bond donors (Lipinski definition) is 2. The van der Waals surface area contributed by atoms with Crippen molar-refractivity contribution in [3.63, 3.8) is 0 Å². The molecular weight excluding hydrogens is 414 g/mol. The van der Waals surface area contributed by atoms with Gasteiger partial charge in [0, 0.05) is 10.6 Å². The molecule has 0 spiro atoms. The first-order valence-corrected chi connectivity index (χ1v) is 10.6. The van der Waals surface area contributed by atoms with Crippen molar-refractivity contribution in [2.75, 3.05) is 11.8 Å². The Labute approximate surface area is 161 Å². The molecule has 8 nitrogen and oxygen atoms in total. The molecule has 0 atom stereocenters. The van der Waals surface area contributed by atoms with E-state index >= 15 is 0 Å². The number of ether oxygens (including phenoxy) is 1. The Bertz CT molecular complexity index is 1150. The maximum atomic E-state index is 12.3. The molecule has 0 aliphatic rings. The van der Waals surface area contributed by atoms with Crippen molar-refractivity contribution in [2.24, 2.45) is 5.14 Å². The van der Waals surface area contributed by atoms with Crippen molar-refractivity contribution in [1.29, 1.82) is 5.26 Å². The van der Waals surface area contributed by atoms with E-state index in [4.69, 9.17) is 26.7 Å². The van der Waals surface area contributed by atoms with Crippen LogP contribution in [0.1, 0.15) is 11.1 Å². The maximum absolute atomic E-state index is 12.3. The highest BCUT2D eigenvalue weighted by Crippen LogP contribution is 2.26. The number of benzene rings is 2. The van der Waals surface area contributed by atoms with Gasteiger partial charge in [0.2, 0.25) is 10.0 Å². The van der Waals surface area contributed by atoms with E-state index < -0.39 is 24.9 Å². The number of nitrogens with two attached hydrogens (primary N) is 1. The van der Waals surface area contributed by atoms with Gasteiger partial charge in [0.25, 0.3) is 10.0 Å².